The lowest BCUT2D eigenvalue weighted by Gasteiger charge is -2.33. The molecule has 0 aliphatic carbocycles. The summed E-state index contributed by atoms with van der Waals surface area (Å²) in [6, 6.07) is 4.84. The summed E-state index contributed by atoms with van der Waals surface area (Å²) in [6.07, 6.45) is 0.408. The van der Waals surface area contributed by atoms with Gasteiger partial charge in [-0.3, -0.25) is 14.4 Å². The summed E-state index contributed by atoms with van der Waals surface area (Å²) >= 11 is 0. The predicted octanol–water partition coefficient (Wildman–Crippen LogP) is 0.581. The fraction of sp³-hybridized carbons (Fsp3) is 0.471. The second-order valence-electron chi connectivity index (χ2n) is 6.72. The van der Waals surface area contributed by atoms with E-state index in [9.17, 15) is 19.5 Å². The summed E-state index contributed by atoms with van der Waals surface area (Å²) < 4.78 is 10.7. The lowest BCUT2D eigenvalue weighted by atomic mass is 9.74. The molecule has 3 heterocycles. The molecule has 0 aromatic heterocycles. The minimum atomic E-state index is -0.931. The van der Waals surface area contributed by atoms with Gasteiger partial charge in [0, 0.05) is 31.2 Å². The number of nitrogens with zero attached hydrogens (tertiary/aromatic N) is 1. The average molecular weight is 346 g/mol. The molecule has 0 unspecified atom stereocenters. The van der Waals surface area contributed by atoms with Crippen molar-refractivity contribution in [3.05, 3.63) is 23.8 Å². The van der Waals surface area contributed by atoms with E-state index in [0.29, 0.717) is 43.2 Å². The minimum Gasteiger partial charge on any atom is -0.482 e. The number of rotatable bonds is 2. The summed E-state index contributed by atoms with van der Waals surface area (Å²) in [6.45, 7) is 1.23. The monoisotopic (exact) mass is 346 g/mol. The van der Waals surface area contributed by atoms with E-state index in [1.54, 1.807) is 23.1 Å². The van der Waals surface area contributed by atoms with E-state index in [1.807, 2.05) is 0 Å². The molecule has 3 aliphatic rings. The van der Waals surface area contributed by atoms with Gasteiger partial charge in [0.25, 0.3) is 11.8 Å². The molecule has 1 aromatic carbocycles. The quantitative estimate of drug-likeness (QED) is 0.812. The third-order valence-electron chi connectivity index (χ3n) is 5.28. The summed E-state index contributed by atoms with van der Waals surface area (Å²) in [7, 11) is 0. The van der Waals surface area contributed by atoms with Gasteiger partial charge in [-0.15, -0.1) is 0 Å². The molecule has 4 rings (SSSR count). The molecule has 8 nitrogen and oxygen atoms in total. The minimum absolute atomic E-state index is 0.0464. The van der Waals surface area contributed by atoms with Gasteiger partial charge in [-0.1, -0.05) is 0 Å². The zero-order valence-corrected chi connectivity index (χ0v) is 13.5. The lowest BCUT2D eigenvalue weighted by molar-refractivity contribution is -0.157. The molecule has 3 aliphatic heterocycles. The van der Waals surface area contributed by atoms with Crippen LogP contribution in [-0.4, -0.2) is 60.7 Å². The maximum atomic E-state index is 12.9. The fourth-order valence-electron chi connectivity index (χ4n) is 3.85. The van der Waals surface area contributed by atoms with Gasteiger partial charge in [0.1, 0.15) is 5.75 Å². The summed E-state index contributed by atoms with van der Waals surface area (Å²) in [5.74, 6) is -1.09. The van der Waals surface area contributed by atoms with Crippen molar-refractivity contribution >= 4 is 23.5 Å². The Morgan fingerprint density at radius 3 is 2.96 bits per heavy atom. The molecule has 2 N–H and O–H groups in total. The molecule has 1 aromatic rings. The van der Waals surface area contributed by atoms with E-state index in [2.05, 4.69) is 5.32 Å². The van der Waals surface area contributed by atoms with Crippen LogP contribution in [0, 0.1) is 11.3 Å². The molecule has 2 saturated heterocycles. The highest BCUT2D eigenvalue weighted by Crippen LogP contribution is 2.43. The van der Waals surface area contributed by atoms with Crippen LogP contribution in [0.4, 0.5) is 5.69 Å². The lowest BCUT2D eigenvalue weighted by Crippen LogP contribution is -2.45. The third kappa shape index (κ3) is 2.53. The highest BCUT2D eigenvalue weighted by Gasteiger charge is 2.55. The van der Waals surface area contributed by atoms with Crippen molar-refractivity contribution in [1.82, 2.24) is 4.90 Å². The number of nitrogens with one attached hydrogen (secondary N) is 1. The zero-order valence-electron chi connectivity index (χ0n) is 13.5. The molecule has 2 fully saturated rings. The van der Waals surface area contributed by atoms with Gasteiger partial charge in [-0.2, -0.15) is 0 Å². The molecular formula is C17H18N2O6. The Balaban J connectivity index is 1.59. The van der Waals surface area contributed by atoms with Gasteiger partial charge in [0.15, 0.2) is 6.61 Å². The van der Waals surface area contributed by atoms with Gasteiger partial charge in [-0.25, -0.2) is 0 Å². The molecule has 2 amide bonds. The first-order valence-electron chi connectivity index (χ1n) is 8.17. The first-order chi connectivity index (χ1) is 12.0. The van der Waals surface area contributed by atoms with Crippen molar-refractivity contribution in [2.24, 2.45) is 11.3 Å². The van der Waals surface area contributed by atoms with Gasteiger partial charge >= 0.3 is 5.97 Å². The van der Waals surface area contributed by atoms with Crippen LogP contribution < -0.4 is 10.1 Å². The number of likely N-dealkylation sites (tertiary alicyclic amines) is 1. The summed E-state index contributed by atoms with van der Waals surface area (Å²) in [5.41, 5.74) is -0.0842. The van der Waals surface area contributed by atoms with E-state index >= 15 is 0 Å². The standard InChI is InChI=1S/C17H18N2O6/c20-14-8-25-13-2-1-10(5-12(13)18-14)15(21)19-6-11-7-24-4-3-17(11,9-19)16(22)23/h1-2,5,11H,3-4,6-9H2,(H,18,20)(H,22,23)/t11-,17+/m0/s1. The van der Waals surface area contributed by atoms with E-state index in [0.717, 1.165) is 0 Å². The topological polar surface area (TPSA) is 105 Å². The van der Waals surface area contributed by atoms with Gasteiger partial charge in [-0.05, 0) is 24.6 Å². The number of ether oxygens (including phenoxy) is 2. The SMILES string of the molecule is O=C1COc2ccc(C(=O)N3C[C@H]4COCC[C@@]4(C(=O)O)C3)cc2N1. The maximum absolute atomic E-state index is 12.9. The Labute approximate surface area is 143 Å². The van der Waals surface area contributed by atoms with E-state index in [1.165, 1.54) is 0 Å². The number of carboxylic acid groups (broad SMARTS) is 1. The molecule has 0 spiro atoms. The number of fused-ring (bicyclic) bond motifs is 2. The van der Waals surface area contributed by atoms with E-state index in [4.69, 9.17) is 9.47 Å². The largest absolute Gasteiger partial charge is 0.482 e. The van der Waals surface area contributed by atoms with Crippen molar-refractivity contribution in [1.29, 1.82) is 0 Å². The molecule has 8 heteroatoms. The van der Waals surface area contributed by atoms with Crippen molar-refractivity contribution in [3.63, 3.8) is 0 Å². The van der Waals surface area contributed by atoms with Crippen LogP contribution in [0.1, 0.15) is 16.8 Å². The van der Waals surface area contributed by atoms with Crippen LogP contribution in [0.15, 0.2) is 18.2 Å². The number of hydrogen-bond donors (Lipinski definition) is 2. The summed E-state index contributed by atoms with van der Waals surface area (Å²) in [4.78, 5) is 37.7. The second kappa shape index (κ2) is 5.73. The molecule has 0 radical (unpaired) electrons. The van der Waals surface area contributed by atoms with E-state index in [-0.39, 0.29) is 30.9 Å². The molecule has 25 heavy (non-hydrogen) atoms. The number of carbonyl (C=O) groups is 3. The van der Waals surface area contributed by atoms with Crippen molar-refractivity contribution in [2.45, 2.75) is 6.42 Å². The number of hydrogen-bond acceptors (Lipinski definition) is 5. The molecular weight excluding hydrogens is 328 g/mol. The third-order valence-corrected chi connectivity index (χ3v) is 5.28. The summed E-state index contributed by atoms with van der Waals surface area (Å²) in [5, 5.41) is 12.4. The Kier molecular flexibility index (Phi) is 3.64. The number of anilines is 1. The zero-order chi connectivity index (χ0) is 17.6. The van der Waals surface area contributed by atoms with E-state index < -0.39 is 11.4 Å². The highest BCUT2D eigenvalue weighted by atomic mass is 16.5. The van der Waals surface area contributed by atoms with Crippen LogP contribution in [0.25, 0.3) is 0 Å². The average Bonchev–Trinajstić information content (AvgIpc) is 3.01. The van der Waals surface area contributed by atoms with Crippen molar-refractivity contribution in [2.75, 3.05) is 38.2 Å². The van der Waals surface area contributed by atoms with Crippen molar-refractivity contribution in [3.8, 4) is 5.75 Å². The molecule has 2 atom stereocenters. The molecule has 0 bridgehead atoms. The number of carbonyl (C=O) groups excluding carboxylic acids is 2. The van der Waals surface area contributed by atoms with Crippen LogP contribution >= 0.6 is 0 Å². The van der Waals surface area contributed by atoms with Crippen LogP contribution in [0.2, 0.25) is 0 Å². The first-order valence-corrected chi connectivity index (χ1v) is 8.17. The predicted molar refractivity (Wildman–Crippen MR) is 85.5 cm³/mol. The smallest absolute Gasteiger partial charge is 0.311 e. The number of benzene rings is 1. The van der Waals surface area contributed by atoms with Crippen LogP contribution in [0.5, 0.6) is 5.75 Å². The van der Waals surface area contributed by atoms with Gasteiger partial charge in [0.05, 0.1) is 17.7 Å². The molecule has 0 saturated carbocycles. The number of carboxylic acids is 1. The molecule has 132 valence electrons. The van der Waals surface area contributed by atoms with Crippen LogP contribution in [0.3, 0.4) is 0 Å². The number of amides is 2. The van der Waals surface area contributed by atoms with Gasteiger partial charge < -0.3 is 24.8 Å². The fourth-order valence-corrected chi connectivity index (χ4v) is 3.85. The first kappa shape index (κ1) is 15.9. The maximum Gasteiger partial charge on any atom is 0.311 e. The second-order valence-corrected chi connectivity index (χ2v) is 6.72. The normalized spacial score (nSPS) is 27.8. The Morgan fingerprint density at radius 1 is 1.36 bits per heavy atom. The number of aliphatic carboxylic acids is 1. The Hall–Kier alpha value is -2.61. The Bertz CT molecular complexity index is 764. The Morgan fingerprint density at radius 2 is 2.20 bits per heavy atom. The van der Waals surface area contributed by atoms with Crippen LogP contribution in [-0.2, 0) is 14.3 Å². The highest BCUT2D eigenvalue weighted by molar-refractivity contribution is 6.00. The van der Waals surface area contributed by atoms with Gasteiger partial charge in [0.2, 0.25) is 0 Å². The van der Waals surface area contributed by atoms with Crippen molar-refractivity contribution < 1.29 is 29.0 Å².